The number of carbonyl (C=O) groups excluding carboxylic acids is 1. The number of imidazole rings is 1. The average Bonchev–Trinajstić information content (AvgIpc) is 3.27. The van der Waals surface area contributed by atoms with Crippen LogP contribution < -0.4 is 5.32 Å². The number of alkyl halides is 3. The Balaban J connectivity index is 1.48. The van der Waals surface area contributed by atoms with Crippen molar-refractivity contribution in [2.24, 2.45) is 0 Å². The van der Waals surface area contributed by atoms with E-state index in [1.807, 2.05) is 6.07 Å². The van der Waals surface area contributed by atoms with Crippen LogP contribution in [0.5, 0.6) is 0 Å². The van der Waals surface area contributed by atoms with E-state index in [0.717, 1.165) is 17.3 Å². The number of halogens is 3. The Morgan fingerprint density at radius 2 is 2.03 bits per heavy atom. The number of amides is 1. The molecule has 3 aromatic heterocycles. The molecule has 0 atom stereocenters. The van der Waals surface area contributed by atoms with Gasteiger partial charge in [-0.15, -0.1) is 0 Å². The van der Waals surface area contributed by atoms with Crippen molar-refractivity contribution in [2.45, 2.75) is 19.0 Å². The number of pyridine rings is 1. The van der Waals surface area contributed by atoms with Gasteiger partial charge in [0.2, 0.25) is 0 Å². The Kier molecular flexibility index (Phi) is 5.45. The van der Waals surface area contributed by atoms with Gasteiger partial charge in [0.25, 0.3) is 5.91 Å². The predicted octanol–water partition coefficient (Wildman–Crippen LogP) is 4.36. The summed E-state index contributed by atoms with van der Waals surface area (Å²) in [6, 6.07) is 7.90. The Morgan fingerprint density at radius 3 is 2.71 bits per heavy atom. The molecule has 35 heavy (non-hydrogen) atoms. The molecule has 1 N–H and O–H groups in total. The molecule has 0 bridgehead atoms. The number of hydrogen-bond acceptors (Lipinski definition) is 6. The summed E-state index contributed by atoms with van der Waals surface area (Å²) in [6.07, 6.45) is 0.0469. The first-order valence-electron chi connectivity index (χ1n) is 10.6. The van der Waals surface area contributed by atoms with Gasteiger partial charge in [0.1, 0.15) is 0 Å². The minimum atomic E-state index is -4.76. The maximum absolute atomic E-state index is 13.3. The van der Waals surface area contributed by atoms with Crippen LogP contribution >= 0.6 is 0 Å². The van der Waals surface area contributed by atoms with Gasteiger partial charge in [-0.05, 0) is 37.3 Å². The Labute approximate surface area is 197 Å². The number of nitriles is 1. The van der Waals surface area contributed by atoms with Gasteiger partial charge in [0, 0.05) is 40.7 Å². The summed E-state index contributed by atoms with van der Waals surface area (Å²) in [5.41, 5.74) is 1.96. The number of fused-ring (bicyclic) bond motifs is 1. The van der Waals surface area contributed by atoms with Crippen molar-refractivity contribution in [3.63, 3.8) is 0 Å². The number of rotatable bonds is 4. The van der Waals surface area contributed by atoms with Crippen molar-refractivity contribution in [3.05, 3.63) is 76.9 Å². The molecule has 1 amide bonds. The molecule has 1 saturated heterocycles. The first kappa shape index (κ1) is 22.5. The highest BCUT2D eigenvalue weighted by atomic mass is 19.4. The van der Waals surface area contributed by atoms with Crippen molar-refractivity contribution >= 4 is 17.2 Å². The van der Waals surface area contributed by atoms with Gasteiger partial charge in [0.15, 0.2) is 5.65 Å². The maximum Gasteiger partial charge on any atom is 0.417 e. The van der Waals surface area contributed by atoms with Crippen LogP contribution in [0.4, 0.5) is 18.9 Å². The molecule has 0 spiro atoms. The third-order valence-corrected chi connectivity index (χ3v) is 5.79. The molecule has 1 aromatic carbocycles. The van der Waals surface area contributed by atoms with E-state index < -0.39 is 23.2 Å². The molecular weight excluding hydrogens is 461 g/mol. The zero-order chi connectivity index (χ0) is 24.7. The zero-order valence-corrected chi connectivity index (χ0v) is 18.3. The van der Waals surface area contributed by atoms with Gasteiger partial charge in [-0.1, -0.05) is 0 Å². The van der Waals surface area contributed by atoms with E-state index in [4.69, 9.17) is 10.00 Å². The van der Waals surface area contributed by atoms with Crippen molar-refractivity contribution in [1.82, 2.24) is 19.6 Å². The number of carbonyl (C=O) groups is 1. The van der Waals surface area contributed by atoms with Crippen LogP contribution in [-0.4, -0.2) is 38.7 Å². The largest absolute Gasteiger partial charge is 0.417 e. The second-order valence-electron chi connectivity index (χ2n) is 8.10. The standard InChI is InChI=1S/C24H17F3N6O2/c1-13-18(21-8-19(16-11-35-12-16)22-29-4-5-33(22)32-21)7-17(10-30-13)31-23(34)14-2-3-15(9-28)20(6-14)24(25,26)27/h2-8,10,16H,11-12H2,1H3,(H,31,34). The predicted molar refractivity (Wildman–Crippen MR) is 119 cm³/mol. The summed E-state index contributed by atoms with van der Waals surface area (Å²) < 4.78 is 46.8. The number of anilines is 1. The summed E-state index contributed by atoms with van der Waals surface area (Å²) in [5.74, 6) is -0.570. The number of nitrogens with zero attached hydrogens (tertiary/aromatic N) is 5. The van der Waals surface area contributed by atoms with Crippen molar-refractivity contribution in [3.8, 4) is 17.3 Å². The quantitative estimate of drug-likeness (QED) is 0.467. The highest BCUT2D eigenvalue weighted by molar-refractivity contribution is 6.04. The lowest BCUT2D eigenvalue weighted by atomic mass is 9.97. The van der Waals surface area contributed by atoms with Gasteiger partial charge in [0.05, 0.1) is 48.0 Å². The van der Waals surface area contributed by atoms with Crippen LogP contribution in [0.3, 0.4) is 0 Å². The molecule has 1 fully saturated rings. The Hall–Kier alpha value is -4.30. The van der Waals surface area contributed by atoms with Crippen molar-refractivity contribution in [2.75, 3.05) is 18.5 Å². The number of benzene rings is 1. The summed E-state index contributed by atoms with van der Waals surface area (Å²) in [5, 5.41) is 16.2. The monoisotopic (exact) mass is 478 g/mol. The molecular formula is C24H17F3N6O2. The maximum atomic E-state index is 13.3. The number of hydrogen-bond donors (Lipinski definition) is 1. The van der Waals surface area contributed by atoms with Crippen LogP contribution in [0.15, 0.2) is 48.9 Å². The minimum absolute atomic E-state index is 0.192. The van der Waals surface area contributed by atoms with E-state index in [1.54, 1.807) is 29.9 Å². The van der Waals surface area contributed by atoms with E-state index in [0.29, 0.717) is 36.2 Å². The molecule has 8 nitrogen and oxygen atoms in total. The van der Waals surface area contributed by atoms with E-state index in [2.05, 4.69) is 20.4 Å². The van der Waals surface area contributed by atoms with Crippen LogP contribution in [0.1, 0.15) is 38.7 Å². The number of nitrogens with one attached hydrogen (secondary N) is 1. The van der Waals surface area contributed by atoms with Crippen LogP contribution in [0.2, 0.25) is 0 Å². The van der Waals surface area contributed by atoms with Gasteiger partial charge in [-0.3, -0.25) is 9.78 Å². The number of ether oxygens (including phenoxy) is 1. The molecule has 4 aromatic rings. The summed E-state index contributed by atoms with van der Waals surface area (Å²) >= 11 is 0. The third-order valence-electron chi connectivity index (χ3n) is 5.79. The highest BCUT2D eigenvalue weighted by Crippen LogP contribution is 2.33. The molecule has 0 radical (unpaired) electrons. The van der Waals surface area contributed by atoms with Crippen LogP contribution in [0.25, 0.3) is 16.9 Å². The van der Waals surface area contributed by atoms with Crippen molar-refractivity contribution in [1.29, 1.82) is 5.26 Å². The molecule has 0 unspecified atom stereocenters. The molecule has 0 saturated carbocycles. The summed E-state index contributed by atoms with van der Waals surface area (Å²) in [4.78, 5) is 21.4. The smallest absolute Gasteiger partial charge is 0.380 e. The van der Waals surface area contributed by atoms with Crippen LogP contribution in [0, 0.1) is 18.3 Å². The Morgan fingerprint density at radius 1 is 1.23 bits per heavy atom. The van der Waals surface area contributed by atoms with Gasteiger partial charge in [-0.25, -0.2) is 9.50 Å². The normalized spacial score (nSPS) is 13.9. The molecule has 0 aliphatic carbocycles. The first-order chi connectivity index (χ1) is 16.7. The second-order valence-corrected chi connectivity index (χ2v) is 8.10. The molecule has 5 rings (SSSR count). The average molecular weight is 478 g/mol. The summed E-state index contributed by atoms with van der Waals surface area (Å²) in [6.45, 7) is 2.97. The molecule has 4 heterocycles. The van der Waals surface area contributed by atoms with Crippen molar-refractivity contribution < 1.29 is 22.7 Å². The van der Waals surface area contributed by atoms with Crippen LogP contribution in [-0.2, 0) is 10.9 Å². The molecule has 1 aliphatic heterocycles. The SMILES string of the molecule is Cc1ncc(NC(=O)c2ccc(C#N)c(C(F)(F)F)c2)cc1-c1cc(C2COC2)c2nccn2n1. The zero-order valence-electron chi connectivity index (χ0n) is 18.3. The molecule has 1 aliphatic rings. The fourth-order valence-corrected chi connectivity index (χ4v) is 3.87. The lowest BCUT2D eigenvalue weighted by Crippen LogP contribution is -2.26. The van der Waals surface area contributed by atoms with E-state index in [9.17, 15) is 18.0 Å². The molecule has 11 heteroatoms. The van der Waals surface area contributed by atoms with E-state index in [-0.39, 0.29) is 17.2 Å². The van der Waals surface area contributed by atoms with Gasteiger partial charge >= 0.3 is 6.18 Å². The molecule has 176 valence electrons. The topological polar surface area (TPSA) is 105 Å². The second kappa shape index (κ2) is 8.48. The fourth-order valence-electron chi connectivity index (χ4n) is 3.87. The van der Waals surface area contributed by atoms with Gasteiger partial charge < -0.3 is 10.1 Å². The minimum Gasteiger partial charge on any atom is -0.380 e. The van der Waals surface area contributed by atoms with E-state index >= 15 is 0 Å². The Bertz CT molecular complexity index is 1500. The third kappa shape index (κ3) is 4.20. The first-order valence-corrected chi connectivity index (χ1v) is 10.6. The fraction of sp³-hybridized carbons (Fsp3) is 0.208. The number of aromatic nitrogens is 4. The van der Waals surface area contributed by atoms with Gasteiger partial charge in [-0.2, -0.15) is 23.5 Å². The number of aryl methyl sites for hydroxylation is 1. The lowest BCUT2D eigenvalue weighted by Gasteiger charge is -2.26. The highest BCUT2D eigenvalue weighted by Gasteiger charge is 2.34. The lowest BCUT2D eigenvalue weighted by molar-refractivity contribution is -0.137. The van der Waals surface area contributed by atoms with E-state index in [1.165, 1.54) is 18.3 Å². The summed E-state index contributed by atoms with van der Waals surface area (Å²) in [7, 11) is 0.